The Kier molecular flexibility index (Phi) is 5.55. The first-order chi connectivity index (χ1) is 15.8. The molecule has 1 saturated heterocycles. The van der Waals surface area contributed by atoms with Crippen LogP contribution in [0.5, 0.6) is 0 Å². The molecule has 0 radical (unpaired) electrons. The first-order valence-corrected chi connectivity index (χ1v) is 10.5. The minimum atomic E-state index is -1.59. The van der Waals surface area contributed by atoms with Crippen LogP contribution in [0.4, 0.5) is 24.7 Å². The number of hydrogen-bond acceptors (Lipinski definition) is 6. The predicted molar refractivity (Wildman–Crippen MR) is 122 cm³/mol. The van der Waals surface area contributed by atoms with Gasteiger partial charge in [-0.25, -0.2) is 22.9 Å². The zero-order chi connectivity index (χ0) is 25.1. The predicted octanol–water partition coefficient (Wildman–Crippen LogP) is 2.97. The Bertz CT molecular complexity index is 1390. The molecular formula is C23H24F3N5O3. The highest BCUT2D eigenvalue weighted by atomic mass is 19.1. The van der Waals surface area contributed by atoms with Gasteiger partial charge in [0, 0.05) is 42.5 Å². The summed E-state index contributed by atoms with van der Waals surface area (Å²) in [5, 5.41) is 12.6. The lowest BCUT2D eigenvalue weighted by Gasteiger charge is -2.45. The van der Waals surface area contributed by atoms with Crippen molar-refractivity contribution in [1.82, 2.24) is 14.9 Å². The molecule has 0 aliphatic carbocycles. The molecule has 0 spiro atoms. The lowest BCUT2D eigenvalue weighted by Crippen LogP contribution is -2.62. The van der Waals surface area contributed by atoms with E-state index in [4.69, 9.17) is 5.73 Å². The van der Waals surface area contributed by atoms with E-state index >= 15 is 4.39 Å². The number of carboxylic acid groups (broad SMARTS) is 1. The van der Waals surface area contributed by atoms with E-state index in [-0.39, 0.29) is 33.7 Å². The number of nitrogens with one attached hydrogen (secondary N) is 1. The second kappa shape index (κ2) is 8.01. The summed E-state index contributed by atoms with van der Waals surface area (Å²) in [4.78, 5) is 30.0. The molecule has 0 amide bonds. The van der Waals surface area contributed by atoms with Gasteiger partial charge in [0.05, 0.1) is 16.6 Å². The van der Waals surface area contributed by atoms with E-state index in [1.54, 1.807) is 11.8 Å². The zero-order valence-corrected chi connectivity index (χ0v) is 19.0. The number of carboxylic acids is 1. The van der Waals surface area contributed by atoms with Crippen LogP contribution in [0.15, 0.2) is 23.1 Å². The third kappa shape index (κ3) is 3.96. The van der Waals surface area contributed by atoms with Crippen LogP contribution in [-0.2, 0) is 0 Å². The number of fused-ring (bicyclic) bond motifs is 1. The molecule has 3 heterocycles. The largest absolute Gasteiger partial charge is 0.477 e. The van der Waals surface area contributed by atoms with Gasteiger partial charge in [-0.05, 0) is 33.8 Å². The van der Waals surface area contributed by atoms with Crippen LogP contribution in [0.3, 0.4) is 0 Å². The minimum absolute atomic E-state index is 0.0519. The number of hydrogen-bond donors (Lipinski definition) is 3. The summed E-state index contributed by atoms with van der Waals surface area (Å²) >= 11 is 0. The van der Waals surface area contributed by atoms with E-state index in [0.29, 0.717) is 19.2 Å². The molecule has 1 aliphatic rings. The summed E-state index contributed by atoms with van der Waals surface area (Å²) in [6, 6.07) is 1.57. The van der Waals surface area contributed by atoms with Crippen molar-refractivity contribution in [3.63, 3.8) is 0 Å². The Balaban J connectivity index is 1.96. The number of benzene rings is 1. The van der Waals surface area contributed by atoms with E-state index in [2.05, 4.69) is 10.3 Å². The van der Waals surface area contributed by atoms with Crippen LogP contribution in [-0.4, -0.2) is 45.3 Å². The Morgan fingerprint density at radius 2 is 1.82 bits per heavy atom. The number of aromatic nitrogens is 2. The molecule has 11 heteroatoms. The SMILES string of the molecule is Cc1c(N2CC(NC(C)(C)C)C2)c(F)cc2c(=O)c(C(=O)O)cn(-c3nc(N)c(F)cc3F)c12. The standard InChI is InChI=1S/C23H24F3N5O3/c1-10-17-12(5-14(24)18(10)30-7-11(8-30)29-23(2,3)4)19(32)13(22(33)34)9-31(17)21-16(26)6-15(25)20(27)28-21/h5-6,9,11,29H,7-8H2,1-4H3,(H2,27,28)(H,33,34). The smallest absolute Gasteiger partial charge is 0.341 e. The van der Waals surface area contributed by atoms with Crippen molar-refractivity contribution in [2.24, 2.45) is 0 Å². The normalized spacial score (nSPS) is 14.5. The summed E-state index contributed by atoms with van der Waals surface area (Å²) in [7, 11) is 0. The van der Waals surface area contributed by atoms with Gasteiger partial charge in [0.1, 0.15) is 11.4 Å². The second-order valence-electron chi connectivity index (χ2n) is 9.43. The van der Waals surface area contributed by atoms with Gasteiger partial charge in [0.2, 0.25) is 5.43 Å². The molecule has 8 nitrogen and oxygen atoms in total. The number of aryl methyl sites for hydroxylation is 1. The van der Waals surface area contributed by atoms with Gasteiger partial charge in [-0.3, -0.25) is 9.36 Å². The number of nitrogens with two attached hydrogens (primary N) is 1. The maximum absolute atomic E-state index is 15.2. The average molecular weight is 475 g/mol. The monoisotopic (exact) mass is 475 g/mol. The van der Waals surface area contributed by atoms with E-state index in [1.165, 1.54) is 0 Å². The first kappa shape index (κ1) is 23.6. The van der Waals surface area contributed by atoms with Crippen LogP contribution in [0, 0.1) is 24.4 Å². The van der Waals surface area contributed by atoms with Crippen LogP contribution < -0.4 is 21.4 Å². The summed E-state index contributed by atoms with van der Waals surface area (Å²) < 4.78 is 44.7. The van der Waals surface area contributed by atoms with Crippen LogP contribution in [0.2, 0.25) is 0 Å². The molecule has 0 bridgehead atoms. The topological polar surface area (TPSA) is 113 Å². The number of nitrogen functional groups attached to an aromatic ring is 1. The molecule has 180 valence electrons. The highest BCUT2D eigenvalue weighted by Gasteiger charge is 2.33. The van der Waals surface area contributed by atoms with Crippen molar-refractivity contribution < 1.29 is 23.1 Å². The number of pyridine rings is 2. The lowest BCUT2D eigenvalue weighted by molar-refractivity contribution is 0.0695. The van der Waals surface area contributed by atoms with E-state index in [0.717, 1.165) is 16.8 Å². The van der Waals surface area contributed by atoms with Crippen LogP contribution in [0.1, 0.15) is 36.7 Å². The van der Waals surface area contributed by atoms with E-state index < -0.39 is 46.0 Å². The van der Waals surface area contributed by atoms with Gasteiger partial charge in [-0.1, -0.05) is 0 Å². The third-order valence-corrected chi connectivity index (χ3v) is 5.68. The maximum Gasteiger partial charge on any atom is 0.341 e. The number of nitrogens with zero attached hydrogens (tertiary/aromatic N) is 3. The fraction of sp³-hybridized carbons (Fsp3) is 0.348. The molecule has 0 unspecified atom stereocenters. The molecule has 2 aromatic heterocycles. The fourth-order valence-electron chi connectivity index (χ4n) is 4.35. The minimum Gasteiger partial charge on any atom is -0.477 e. The molecular weight excluding hydrogens is 451 g/mol. The van der Waals surface area contributed by atoms with Crippen molar-refractivity contribution >= 4 is 28.4 Å². The van der Waals surface area contributed by atoms with Crippen molar-refractivity contribution in [1.29, 1.82) is 0 Å². The van der Waals surface area contributed by atoms with E-state index in [1.807, 2.05) is 20.8 Å². The molecule has 1 aliphatic heterocycles. The molecule has 1 aromatic carbocycles. The van der Waals surface area contributed by atoms with Crippen molar-refractivity contribution in [3.05, 3.63) is 57.1 Å². The van der Waals surface area contributed by atoms with Gasteiger partial charge in [-0.2, -0.15) is 0 Å². The van der Waals surface area contributed by atoms with Gasteiger partial charge < -0.3 is 21.1 Å². The highest BCUT2D eigenvalue weighted by Crippen LogP contribution is 2.35. The van der Waals surface area contributed by atoms with E-state index in [9.17, 15) is 23.5 Å². The Labute approximate surface area is 192 Å². The fourth-order valence-corrected chi connectivity index (χ4v) is 4.35. The number of carbonyl (C=O) groups is 1. The number of rotatable bonds is 4. The first-order valence-electron chi connectivity index (χ1n) is 10.5. The number of aromatic carboxylic acids is 1. The van der Waals surface area contributed by atoms with Crippen molar-refractivity contribution in [2.45, 2.75) is 39.3 Å². The van der Waals surface area contributed by atoms with Crippen LogP contribution >= 0.6 is 0 Å². The molecule has 1 fully saturated rings. The van der Waals surface area contributed by atoms with Crippen LogP contribution in [0.25, 0.3) is 16.7 Å². The van der Waals surface area contributed by atoms with Gasteiger partial charge >= 0.3 is 5.97 Å². The molecule has 0 atom stereocenters. The number of halogens is 3. The molecule has 0 saturated carbocycles. The second-order valence-corrected chi connectivity index (χ2v) is 9.43. The molecule has 4 rings (SSSR count). The molecule has 34 heavy (non-hydrogen) atoms. The average Bonchev–Trinajstić information content (AvgIpc) is 2.68. The third-order valence-electron chi connectivity index (χ3n) is 5.68. The van der Waals surface area contributed by atoms with Gasteiger partial charge in [0.15, 0.2) is 23.3 Å². The Morgan fingerprint density at radius 1 is 1.18 bits per heavy atom. The number of anilines is 2. The maximum atomic E-state index is 15.2. The van der Waals surface area contributed by atoms with Crippen molar-refractivity contribution in [2.75, 3.05) is 23.7 Å². The quantitative estimate of drug-likeness (QED) is 0.532. The lowest BCUT2D eigenvalue weighted by atomic mass is 9.98. The summed E-state index contributed by atoms with van der Waals surface area (Å²) in [5.41, 5.74) is 4.26. The van der Waals surface area contributed by atoms with Gasteiger partial charge in [0.25, 0.3) is 0 Å². The zero-order valence-electron chi connectivity index (χ0n) is 19.0. The van der Waals surface area contributed by atoms with Gasteiger partial charge in [-0.15, -0.1) is 0 Å². The molecule has 4 N–H and O–H groups in total. The highest BCUT2D eigenvalue weighted by molar-refractivity contribution is 5.96. The Hall–Kier alpha value is -3.60. The van der Waals surface area contributed by atoms with Crippen molar-refractivity contribution in [3.8, 4) is 5.82 Å². The summed E-state index contributed by atoms with van der Waals surface area (Å²) in [6.45, 7) is 8.60. The summed E-state index contributed by atoms with van der Waals surface area (Å²) in [6.07, 6.45) is 0.893. The summed E-state index contributed by atoms with van der Waals surface area (Å²) in [5.74, 6) is -5.64. The Morgan fingerprint density at radius 3 is 2.41 bits per heavy atom. The molecule has 3 aromatic rings.